The molecule has 1 N–H and O–H groups in total. The van der Waals surface area contributed by atoms with Gasteiger partial charge in [-0.2, -0.15) is 0 Å². The molecule has 1 unspecified atom stereocenters. The van der Waals surface area contributed by atoms with E-state index in [1.807, 2.05) is 26.8 Å². The monoisotopic (exact) mass is 521 g/mol. The summed E-state index contributed by atoms with van der Waals surface area (Å²) in [6.07, 6.45) is 2.15. The fraction of sp³-hybridized carbons (Fsp3) is 0.448. The van der Waals surface area contributed by atoms with Crippen molar-refractivity contribution in [2.45, 2.75) is 58.0 Å². The van der Waals surface area contributed by atoms with Gasteiger partial charge in [0.25, 0.3) is 11.7 Å². The summed E-state index contributed by atoms with van der Waals surface area (Å²) in [5.41, 5.74) is 1.52. The Bertz CT molecular complexity index is 1240. The molecule has 2 fully saturated rings. The number of ether oxygens (including phenoxy) is 2. The third kappa shape index (κ3) is 5.10. The first-order valence-electron chi connectivity index (χ1n) is 12.9. The van der Waals surface area contributed by atoms with Crippen LogP contribution in [0.2, 0.25) is 0 Å². The van der Waals surface area contributed by atoms with Gasteiger partial charge in [-0.15, -0.1) is 0 Å². The maximum absolute atomic E-state index is 13.5. The number of ketones is 1. The van der Waals surface area contributed by atoms with E-state index < -0.39 is 17.7 Å². The normalized spacial score (nSPS) is 20.1. The first-order valence-corrected chi connectivity index (χ1v) is 12.9. The molecule has 4 rings (SSSR count). The molecule has 0 radical (unpaired) electrons. The Balaban J connectivity index is 1.80. The highest BCUT2D eigenvalue weighted by molar-refractivity contribution is 6.46. The van der Waals surface area contributed by atoms with Crippen molar-refractivity contribution in [2.75, 3.05) is 26.8 Å². The molecule has 3 heterocycles. The smallest absolute Gasteiger partial charge is 0.409 e. The van der Waals surface area contributed by atoms with Crippen LogP contribution < -0.4 is 4.74 Å². The molecular formula is C29H35N3O6. The highest BCUT2D eigenvalue weighted by Gasteiger charge is 2.50. The molecule has 38 heavy (non-hydrogen) atoms. The van der Waals surface area contributed by atoms with Crippen LogP contribution in [-0.4, -0.2) is 70.5 Å². The Labute approximate surface area is 223 Å². The maximum atomic E-state index is 13.5. The number of rotatable bonds is 5. The van der Waals surface area contributed by atoms with Crippen LogP contribution >= 0.6 is 0 Å². The third-order valence-electron chi connectivity index (χ3n) is 7.15. The summed E-state index contributed by atoms with van der Waals surface area (Å²) < 4.78 is 10.6. The number of aliphatic hydroxyl groups is 1. The van der Waals surface area contributed by atoms with Crippen LogP contribution in [0.3, 0.4) is 0 Å². The third-order valence-corrected chi connectivity index (χ3v) is 7.15. The van der Waals surface area contributed by atoms with E-state index in [0.29, 0.717) is 42.9 Å². The molecule has 2 aromatic rings. The van der Waals surface area contributed by atoms with Crippen molar-refractivity contribution < 1.29 is 29.0 Å². The predicted octanol–water partition coefficient (Wildman–Crippen LogP) is 4.43. The molecule has 0 spiro atoms. The van der Waals surface area contributed by atoms with Gasteiger partial charge in [-0.25, -0.2) is 4.79 Å². The molecular weight excluding hydrogens is 486 g/mol. The number of amides is 2. The second kappa shape index (κ2) is 10.8. The molecule has 0 saturated carbocycles. The van der Waals surface area contributed by atoms with E-state index in [9.17, 15) is 19.5 Å². The van der Waals surface area contributed by atoms with Gasteiger partial charge in [0.2, 0.25) is 0 Å². The number of methoxy groups -OCH3 is 1. The van der Waals surface area contributed by atoms with Crippen molar-refractivity contribution in [1.82, 2.24) is 14.8 Å². The van der Waals surface area contributed by atoms with Crippen molar-refractivity contribution in [3.63, 3.8) is 0 Å². The number of likely N-dealkylation sites (tertiary alicyclic amines) is 2. The van der Waals surface area contributed by atoms with Crippen molar-refractivity contribution >= 4 is 23.5 Å². The fourth-order valence-electron chi connectivity index (χ4n) is 5.10. The van der Waals surface area contributed by atoms with Crippen LogP contribution in [0.25, 0.3) is 5.76 Å². The number of hydrogen-bond acceptors (Lipinski definition) is 7. The van der Waals surface area contributed by atoms with Gasteiger partial charge in [0.15, 0.2) is 0 Å². The van der Waals surface area contributed by atoms with E-state index in [0.717, 1.165) is 5.56 Å². The number of carbonyl (C=O) groups excluding carboxylic acids is 3. The molecule has 0 aliphatic carbocycles. The van der Waals surface area contributed by atoms with Crippen LogP contribution in [-0.2, 0) is 19.7 Å². The standard InChI is InChI=1S/C29H35N3O6/c1-6-38-28(36)31-15-12-19(13-16-31)32-24(21-9-7-8-14-30-21)23(26(34)27(32)35)25(33)20-17-18(29(2,3)4)10-11-22(20)37-5/h7-11,14,17,19,24,33H,6,12-13,15-16H2,1-5H3/b25-23+. The number of pyridine rings is 1. The summed E-state index contributed by atoms with van der Waals surface area (Å²) in [5, 5.41) is 11.6. The molecule has 1 aromatic heterocycles. The lowest BCUT2D eigenvalue weighted by Gasteiger charge is -2.38. The van der Waals surface area contributed by atoms with Crippen molar-refractivity contribution in [3.8, 4) is 5.75 Å². The summed E-state index contributed by atoms with van der Waals surface area (Å²) >= 11 is 0. The molecule has 0 bridgehead atoms. The minimum Gasteiger partial charge on any atom is -0.507 e. The number of piperidine rings is 1. The molecule has 9 heteroatoms. The lowest BCUT2D eigenvalue weighted by atomic mass is 9.85. The number of aromatic nitrogens is 1. The van der Waals surface area contributed by atoms with Gasteiger partial charge >= 0.3 is 6.09 Å². The Morgan fingerprint density at radius 1 is 1.13 bits per heavy atom. The minimum atomic E-state index is -0.877. The Morgan fingerprint density at radius 3 is 2.42 bits per heavy atom. The SMILES string of the molecule is CCOC(=O)N1CCC(N2C(=O)C(=O)/C(=C(/O)c3cc(C(C)(C)C)ccc3OC)C2c2ccccn2)CC1. The van der Waals surface area contributed by atoms with Gasteiger partial charge in [-0.3, -0.25) is 14.6 Å². The van der Waals surface area contributed by atoms with E-state index in [1.165, 1.54) is 12.0 Å². The zero-order valence-corrected chi connectivity index (χ0v) is 22.6. The van der Waals surface area contributed by atoms with Crippen LogP contribution in [0.5, 0.6) is 5.75 Å². The van der Waals surface area contributed by atoms with E-state index >= 15 is 0 Å². The number of benzene rings is 1. The van der Waals surface area contributed by atoms with E-state index in [1.54, 1.807) is 48.4 Å². The zero-order valence-electron chi connectivity index (χ0n) is 22.6. The maximum Gasteiger partial charge on any atom is 0.409 e. The molecule has 2 aliphatic heterocycles. The van der Waals surface area contributed by atoms with Gasteiger partial charge in [0, 0.05) is 25.3 Å². The van der Waals surface area contributed by atoms with Gasteiger partial charge in [-0.05, 0) is 55.0 Å². The summed E-state index contributed by atoms with van der Waals surface area (Å²) in [6, 6.07) is 9.56. The van der Waals surface area contributed by atoms with Crippen molar-refractivity contribution in [1.29, 1.82) is 0 Å². The highest BCUT2D eigenvalue weighted by atomic mass is 16.6. The first kappa shape index (κ1) is 27.2. The fourth-order valence-corrected chi connectivity index (χ4v) is 5.10. The number of Topliss-reactive ketones (excluding diaryl/α,β-unsaturated/α-hetero) is 1. The van der Waals surface area contributed by atoms with Gasteiger partial charge in [0.05, 0.1) is 30.5 Å². The quantitative estimate of drug-likeness (QED) is 0.352. The van der Waals surface area contributed by atoms with Crippen LogP contribution in [0, 0.1) is 0 Å². The second-order valence-electron chi connectivity index (χ2n) is 10.5. The lowest BCUT2D eigenvalue weighted by Crippen LogP contribution is -2.48. The number of aliphatic hydroxyl groups excluding tert-OH is 1. The molecule has 2 aliphatic rings. The van der Waals surface area contributed by atoms with Crippen LogP contribution in [0.4, 0.5) is 4.79 Å². The highest BCUT2D eigenvalue weighted by Crippen LogP contribution is 2.43. The Kier molecular flexibility index (Phi) is 7.76. The van der Waals surface area contributed by atoms with Crippen LogP contribution in [0.15, 0.2) is 48.2 Å². The summed E-state index contributed by atoms with van der Waals surface area (Å²) in [4.78, 5) is 46.8. The number of nitrogens with zero attached hydrogens (tertiary/aromatic N) is 3. The van der Waals surface area contributed by atoms with Crippen molar-refractivity contribution in [3.05, 3.63) is 65.0 Å². The Morgan fingerprint density at radius 2 is 1.84 bits per heavy atom. The Hall–Kier alpha value is -3.88. The largest absolute Gasteiger partial charge is 0.507 e. The summed E-state index contributed by atoms with van der Waals surface area (Å²) in [5.74, 6) is -1.37. The van der Waals surface area contributed by atoms with Gasteiger partial charge in [0.1, 0.15) is 17.6 Å². The first-order chi connectivity index (χ1) is 18.1. The topological polar surface area (TPSA) is 109 Å². The van der Waals surface area contributed by atoms with E-state index in [-0.39, 0.29) is 35.5 Å². The number of hydrogen-bond donors (Lipinski definition) is 1. The van der Waals surface area contributed by atoms with E-state index in [2.05, 4.69) is 4.98 Å². The minimum absolute atomic E-state index is 0.0223. The molecule has 1 atom stereocenters. The summed E-state index contributed by atoms with van der Waals surface area (Å²) in [7, 11) is 1.50. The lowest BCUT2D eigenvalue weighted by molar-refractivity contribution is -0.142. The molecule has 1 aromatic carbocycles. The summed E-state index contributed by atoms with van der Waals surface area (Å²) in [6.45, 7) is 8.97. The number of carbonyl (C=O) groups is 3. The predicted molar refractivity (Wildman–Crippen MR) is 142 cm³/mol. The van der Waals surface area contributed by atoms with Gasteiger partial charge < -0.3 is 24.4 Å². The molecule has 2 amide bonds. The van der Waals surface area contributed by atoms with Crippen molar-refractivity contribution in [2.24, 2.45) is 0 Å². The average Bonchev–Trinajstić information content (AvgIpc) is 3.18. The second-order valence-corrected chi connectivity index (χ2v) is 10.5. The molecule has 202 valence electrons. The van der Waals surface area contributed by atoms with Crippen LogP contribution in [0.1, 0.15) is 63.4 Å². The van der Waals surface area contributed by atoms with E-state index in [4.69, 9.17) is 9.47 Å². The molecule has 9 nitrogen and oxygen atoms in total. The zero-order chi connectivity index (χ0) is 27.6. The molecule has 2 saturated heterocycles. The average molecular weight is 522 g/mol. The van der Waals surface area contributed by atoms with Gasteiger partial charge in [-0.1, -0.05) is 32.9 Å².